The minimum absolute atomic E-state index is 0.275. The fraction of sp³-hybridized carbons (Fsp3) is 0.625. The van der Waals surface area contributed by atoms with Gasteiger partial charge in [-0.1, -0.05) is 12.1 Å². The molecule has 1 atom stereocenters. The van der Waals surface area contributed by atoms with Gasteiger partial charge in [-0.25, -0.2) is 0 Å². The predicted molar refractivity (Wildman–Crippen MR) is 88.4 cm³/mol. The van der Waals surface area contributed by atoms with Crippen molar-refractivity contribution in [1.29, 1.82) is 0 Å². The molecule has 0 fully saturated rings. The lowest BCUT2D eigenvalue weighted by Gasteiger charge is -2.28. The van der Waals surface area contributed by atoms with Gasteiger partial charge < -0.3 is 22.8 Å². The Morgan fingerprint density at radius 3 is 1.73 bits per heavy atom. The Hall–Kier alpha value is -0.923. The summed E-state index contributed by atoms with van der Waals surface area (Å²) in [5.74, 6) is 0.747. The van der Waals surface area contributed by atoms with Gasteiger partial charge in [0, 0.05) is 31.6 Å². The number of hydrogen-bond donors (Lipinski definition) is 0. The monoisotopic (exact) mass is 328 g/mol. The smallest absolute Gasteiger partial charge is 0.465 e. The van der Waals surface area contributed by atoms with Crippen LogP contribution in [-0.2, 0) is 18.0 Å². The molecule has 0 N–H and O–H groups in total. The second-order valence-electron chi connectivity index (χ2n) is 4.52. The van der Waals surface area contributed by atoms with Crippen LogP contribution in [0.3, 0.4) is 0 Å². The molecule has 0 saturated carbocycles. The summed E-state index contributed by atoms with van der Waals surface area (Å²) in [6.45, 7) is 11.9. The first-order chi connectivity index (χ1) is 10.6. The zero-order valence-corrected chi connectivity index (χ0v) is 15.3. The number of rotatable bonds is 11. The van der Waals surface area contributed by atoms with Crippen LogP contribution < -0.4 is 9.92 Å². The van der Waals surface area contributed by atoms with Crippen molar-refractivity contribution in [3.05, 3.63) is 24.3 Å². The summed E-state index contributed by atoms with van der Waals surface area (Å²) in [5, 5.41) is 0.939. The SMILES string of the molecule is CCOC(C)Oc1ccc([Si](OCC)(OCC)OCC)cc1. The molecule has 0 radical (unpaired) electrons. The summed E-state index contributed by atoms with van der Waals surface area (Å²) in [6, 6.07) is 7.68. The van der Waals surface area contributed by atoms with Gasteiger partial charge in [-0.3, -0.25) is 0 Å². The van der Waals surface area contributed by atoms with Crippen molar-refractivity contribution in [2.45, 2.75) is 40.9 Å². The maximum atomic E-state index is 5.88. The zero-order chi connectivity index (χ0) is 16.4. The lowest BCUT2D eigenvalue weighted by atomic mass is 10.3. The molecule has 1 unspecified atom stereocenters. The molecule has 0 amide bonds. The van der Waals surface area contributed by atoms with Crippen molar-refractivity contribution in [3.63, 3.8) is 0 Å². The van der Waals surface area contributed by atoms with Crippen LogP contribution in [0.1, 0.15) is 34.6 Å². The molecule has 5 nitrogen and oxygen atoms in total. The van der Waals surface area contributed by atoms with E-state index in [1.54, 1.807) is 0 Å². The summed E-state index contributed by atoms with van der Waals surface area (Å²) >= 11 is 0. The van der Waals surface area contributed by atoms with Gasteiger partial charge >= 0.3 is 8.80 Å². The van der Waals surface area contributed by atoms with Gasteiger partial charge in [0.25, 0.3) is 0 Å². The van der Waals surface area contributed by atoms with Crippen LogP contribution in [0.25, 0.3) is 0 Å². The maximum absolute atomic E-state index is 5.88. The Balaban J connectivity index is 2.91. The summed E-state index contributed by atoms with van der Waals surface area (Å²) in [7, 11) is -2.84. The van der Waals surface area contributed by atoms with E-state index in [0.717, 1.165) is 10.9 Å². The highest BCUT2D eigenvalue weighted by Gasteiger charge is 2.43. The third kappa shape index (κ3) is 5.37. The molecule has 0 aliphatic rings. The fourth-order valence-corrected chi connectivity index (χ4v) is 4.61. The molecule has 0 saturated heterocycles. The summed E-state index contributed by atoms with van der Waals surface area (Å²) in [5.41, 5.74) is 0. The molecule has 0 aliphatic carbocycles. The first-order valence-electron chi connectivity index (χ1n) is 7.92. The van der Waals surface area contributed by atoms with Crippen LogP contribution >= 0.6 is 0 Å². The largest absolute Gasteiger partial charge is 0.537 e. The van der Waals surface area contributed by atoms with E-state index in [1.165, 1.54) is 0 Å². The third-order valence-corrected chi connectivity index (χ3v) is 5.96. The highest BCUT2D eigenvalue weighted by atomic mass is 28.4. The van der Waals surface area contributed by atoms with Gasteiger partial charge in [-0.15, -0.1) is 0 Å². The van der Waals surface area contributed by atoms with Crippen molar-refractivity contribution in [3.8, 4) is 5.75 Å². The molecule has 0 spiro atoms. The second-order valence-corrected chi connectivity index (χ2v) is 7.08. The van der Waals surface area contributed by atoms with Gasteiger partial charge in [-0.05, 0) is 46.8 Å². The average molecular weight is 328 g/mol. The van der Waals surface area contributed by atoms with E-state index in [4.69, 9.17) is 22.8 Å². The minimum Gasteiger partial charge on any atom is -0.465 e. The molecule has 0 aliphatic heterocycles. The van der Waals surface area contributed by atoms with E-state index < -0.39 is 8.80 Å². The van der Waals surface area contributed by atoms with Crippen molar-refractivity contribution in [2.75, 3.05) is 26.4 Å². The van der Waals surface area contributed by atoms with Crippen molar-refractivity contribution >= 4 is 14.0 Å². The molecule has 1 aromatic rings. The van der Waals surface area contributed by atoms with E-state index in [-0.39, 0.29) is 6.29 Å². The van der Waals surface area contributed by atoms with Crippen LogP contribution in [0, 0.1) is 0 Å². The Bertz CT molecular complexity index is 392. The third-order valence-electron chi connectivity index (χ3n) is 2.91. The van der Waals surface area contributed by atoms with Crippen LogP contribution in [0.5, 0.6) is 5.75 Å². The summed E-state index contributed by atoms with van der Waals surface area (Å²) < 4.78 is 28.7. The standard InChI is InChI=1S/C16H28O5Si/c1-6-17-14(5)21-15-10-12-16(13-11-15)22(18-7-2,19-8-3)20-9-4/h10-14H,6-9H2,1-5H3. The predicted octanol–water partition coefficient (Wildman–Crippen LogP) is 2.70. The van der Waals surface area contributed by atoms with Crippen molar-refractivity contribution in [2.24, 2.45) is 0 Å². The molecular formula is C16H28O5Si. The highest BCUT2D eigenvalue weighted by Crippen LogP contribution is 2.16. The van der Waals surface area contributed by atoms with Gasteiger partial charge in [0.1, 0.15) is 5.75 Å². The summed E-state index contributed by atoms with van der Waals surface area (Å²) in [4.78, 5) is 0. The number of ether oxygens (including phenoxy) is 2. The lowest BCUT2D eigenvalue weighted by Crippen LogP contribution is -2.56. The van der Waals surface area contributed by atoms with E-state index in [9.17, 15) is 0 Å². The van der Waals surface area contributed by atoms with Gasteiger partial charge in [0.15, 0.2) is 6.29 Å². The topological polar surface area (TPSA) is 46.2 Å². The molecular weight excluding hydrogens is 300 g/mol. The van der Waals surface area contributed by atoms with Crippen LogP contribution in [0.4, 0.5) is 0 Å². The minimum atomic E-state index is -2.84. The van der Waals surface area contributed by atoms with E-state index >= 15 is 0 Å². The Kier molecular flexibility index (Phi) is 8.66. The van der Waals surface area contributed by atoms with E-state index in [0.29, 0.717) is 26.4 Å². The van der Waals surface area contributed by atoms with Gasteiger partial charge in [0.2, 0.25) is 0 Å². The van der Waals surface area contributed by atoms with Gasteiger partial charge in [-0.2, -0.15) is 0 Å². The lowest BCUT2D eigenvalue weighted by molar-refractivity contribution is -0.0613. The molecule has 1 aromatic carbocycles. The van der Waals surface area contributed by atoms with Crippen molar-refractivity contribution in [1.82, 2.24) is 0 Å². The van der Waals surface area contributed by atoms with Crippen LogP contribution in [0.15, 0.2) is 24.3 Å². The Morgan fingerprint density at radius 1 is 0.818 bits per heavy atom. The van der Waals surface area contributed by atoms with Gasteiger partial charge in [0.05, 0.1) is 0 Å². The first kappa shape index (κ1) is 19.1. The van der Waals surface area contributed by atoms with E-state index in [1.807, 2.05) is 58.9 Å². The van der Waals surface area contributed by atoms with E-state index in [2.05, 4.69) is 0 Å². The quantitative estimate of drug-likeness (QED) is 0.462. The summed E-state index contributed by atoms with van der Waals surface area (Å²) in [6.07, 6.45) is -0.275. The Morgan fingerprint density at radius 2 is 1.32 bits per heavy atom. The molecule has 1 rings (SSSR count). The fourth-order valence-electron chi connectivity index (χ4n) is 2.14. The van der Waals surface area contributed by atoms with Crippen LogP contribution in [0.2, 0.25) is 0 Å². The highest BCUT2D eigenvalue weighted by molar-refractivity contribution is 6.75. The molecule has 22 heavy (non-hydrogen) atoms. The Labute approximate surface area is 134 Å². The van der Waals surface area contributed by atoms with Crippen LogP contribution in [-0.4, -0.2) is 41.5 Å². The molecule has 6 heteroatoms. The second kappa shape index (κ2) is 9.97. The molecule has 126 valence electrons. The first-order valence-corrected chi connectivity index (χ1v) is 9.64. The zero-order valence-electron chi connectivity index (χ0n) is 14.3. The molecule has 0 aromatic heterocycles. The van der Waals surface area contributed by atoms with Crippen molar-refractivity contribution < 1.29 is 22.8 Å². The number of benzene rings is 1. The maximum Gasteiger partial charge on any atom is 0.537 e. The normalized spacial score (nSPS) is 13.1. The molecule has 0 bridgehead atoms. The number of hydrogen-bond acceptors (Lipinski definition) is 5. The molecule has 0 heterocycles. The average Bonchev–Trinajstić information content (AvgIpc) is 2.49.